The van der Waals surface area contributed by atoms with Gasteiger partial charge in [-0.15, -0.1) is 12.3 Å². The number of amides is 1. The second kappa shape index (κ2) is 5.56. The summed E-state index contributed by atoms with van der Waals surface area (Å²) in [5.74, 6) is 1.43. The van der Waals surface area contributed by atoms with E-state index in [4.69, 9.17) is 12.2 Å². The minimum absolute atomic E-state index is 0.0416. The second-order valence-electron chi connectivity index (χ2n) is 3.55. The highest BCUT2D eigenvalue weighted by Gasteiger charge is 2.33. The molecule has 0 saturated carbocycles. The van der Waals surface area contributed by atoms with Crippen molar-refractivity contribution < 1.29 is 18.0 Å². The van der Waals surface area contributed by atoms with E-state index in [0.29, 0.717) is 0 Å². The van der Waals surface area contributed by atoms with E-state index >= 15 is 0 Å². The van der Waals surface area contributed by atoms with Gasteiger partial charge in [0.05, 0.1) is 17.3 Å². The lowest BCUT2D eigenvalue weighted by Gasteiger charge is -2.15. The molecule has 1 unspecified atom stereocenters. The molecular weight excluding hydrogens is 245 g/mol. The largest absolute Gasteiger partial charge is 0.418 e. The summed E-state index contributed by atoms with van der Waals surface area (Å²) in [6.45, 7) is 0. The maximum absolute atomic E-state index is 12.6. The van der Waals surface area contributed by atoms with Crippen LogP contribution >= 0.6 is 0 Å². The minimum Gasteiger partial charge on any atom is -0.324 e. The van der Waals surface area contributed by atoms with E-state index in [0.717, 1.165) is 12.1 Å². The lowest BCUT2D eigenvalue weighted by atomic mass is 10.1. The molecular formula is C12H11F3N2O. The molecule has 0 spiro atoms. The van der Waals surface area contributed by atoms with Crippen LogP contribution in [0.5, 0.6) is 0 Å². The number of carbonyl (C=O) groups excluding carboxylic acids is 1. The molecule has 0 aliphatic rings. The van der Waals surface area contributed by atoms with Crippen LogP contribution in [0.4, 0.5) is 18.9 Å². The zero-order valence-corrected chi connectivity index (χ0v) is 9.29. The molecule has 0 saturated heterocycles. The van der Waals surface area contributed by atoms with E-state index in [1.54, 1.807) is 0 Å². The van der Waals surface area contributed by atoms with Crippen molar-refractivity contribution in [1.29, 1.82) is 0 Å². The van der Waals surface area contributed by atoms with Gasteiger partial charge in [0.25, 0.3) is 0 Å². The van der Waals surface area contributed by atoms with E-state index in [-0.39, 0.29) is 12.1 Å². The molecule has 96 valence electrons. The summed E-state index contributed by atoms with van der Waals surface area (Å²) in [7, 11) is 0. The SMILES string of the molecule is C#CCC(N)C(=O)Nc1ccccc1C(F)(F)F. The van der Waals surface area contributed by atoms with Crippen molar-refractivity contribution in [2.24, 2.45) is 5.73 Å². The molecule has 0 fully saturated rings. The Hall–Kier alpha value is -2.00. The second-order valence-corrected chi connectivity index (χ2v) is 3.55. The molecule has 1 rings (SSSR count). The number of hydrogen-bond donors (Lipinski definition) is 2. The average molecular weight is 256 g/mol. The molecule has 3 nitrogen and oxygen atoms in total. The summed E-state index contributed by atoms with van der Waals surface area (Å²) in [5.41, 5.74) is 4.14. The first-order chi connectivity index (χ1) is 8.36. The van der Waals surface area contributed by atoms with Gasteiger partial charge in [-0.3, -0.25) is 4.79 Å². The number of nitrogens with two attached hydrogens (primary N) is 1. The van der Waals surface area contributed by atoms with Gasteiger partial charge in [0, 0.05) is 6.42 Å². The fourth-order valence-corrected chi connectivity index (χ4v) is 1.28. The van der Waals surface area contributed by atoms with Crippen molar-refractivity contribution >= 4 is 11.6 Å². The van der Waals surface area contributed by atoms with Gasteiger partial charge < -0.3 is 11.1 Å². The topological polar surface area (TPSA) is 55.1 Å². The van der Waals surface area contributed by atoms with Gasteiger partial charge in [0.2, 0.25) is 5.91 Å². The molecule has 6 heteroatoms. The van der Waals surface area contributed by atoms with Crippen molar-refractivity contribution in [2.45, 2.75) is 18.6 Å². The van der Waals surface area contributed by atoms with Crippen molar-refractivity contribution in [3.8, 4) is 12.3 Å². The first-order valence-corrected chi connectivity index (χ1v) is 5.02. The van der Waals surface area contributed by atoms with E-state index < -0.39 is 23.7 Å². The number of benzene rings is 1. The van der Waals surface area contributed by atoms with Crippen LogP contribution in [0.3, 0.4) is 0 Å². The van der Waals surface area contributed by atoms with Gasteiger partial charge in [0.15, 0.2) is 0 Å². The maximum Gasteiger partial charge on any atom is 0.418 e. The number of nitrogens with one attached hydrogen (secondary N) is 1. The highest BCUT2D eigenvalue weighted by atomic mass is 19.4. The summed E-state index contributed by atoms with van der Waals surface area (Å²) in [4.78, 5) is 11.5. The first kappa shape index (κ1) is 14.1. The number of alkyl halides is 3. The summed E-state index contributed by atoms with van der Waals surface area (Å²) in [6.07, 6.45) is 0.387. The number of halogens is 3. The molecule has 1 amide bonds. The van der Waals surface area contributed by atoms with Gasteiger partial charge in [0.1, 0.15) is 0 Å². The predicted molar refractivity (Wildman–Crippen MR) is 61.5 cm³/mol. The lowest BCUT2D eigenvalue weighted by molar-refractivity contribution is -0.137. The molecule has 0 heterocycles. The number of para-hydroxylation sites is 1. The van der Waals surface area contributed by atoms with Crippen molar-refractivity contribution in [1.82, 2.24) is 0 Å². The molecule has 18 heavy (non-hydrogen) atoms. The summed E-state index contributed by atoms with van der Waals surface area (Å²) in [5, 5.41) is 2.12. The Labute approximate surface area is 102 Å². The molecule has 1 aromatic carbocycles. The van der Waals surface area contributed by atoms with Crippen LogP contribution in [0.2, 0.25) is 0 Å². The predicted octanol–water partition coefficient (Wildman–Crippen LogP) is 1.99. The highest BCUT2D eigenvalue weighted by molar-refractivity contribution is 5.95. The molecule has 0 aliphatic heterocycles. The normalized spacial score (nSPS) is 12.6. The third-order valence-corrected chi connectivity index (χ3v) is 2.16. The number of rotatable bonds is 3. The van der Waals surface area contributed by atoms with Gasteiger partial charge >= 0.3 is 6.18 Å². The maximum atomic E-state index is 12.6. The van der Waals surface area contributed by atoms with E-state index in [1.807, 2.05) is 0 Å². The molecule has 1 aromatic rings. The lowest BCUT2D eigenvalue weighted by Crippen LogP contribution is -2.35. The van der Waals surface area contributed by atoms with Crippen LogP contribution in [0, 0.1) is 12.3 Å². The van der Waals surface area contributed by atoms with E-state index in [1.165, 1.54) is 12.1 Å². The fraction of sp³-hybridized carbons (Fsp3) is 0.250. The Morgan fingerprint density at radius 3 is 2.61 bits per heavy atom. The molecule has 1 atom stereocenters. The van der Waals surface area contributed by atoms with Crippen molar-refractivity contribution in [2.75, 3.05) is 5.32 Å². The Bertz CT molecular complexity index is 477. The third-order valence-electron chi connectivity index (χ3n) is 2.16. The van der Waals surface area contributed by atoms with Crippen LogP contribution in [-0.4, -0.2) is 11.9 Å². The number of terminal acetylenes is 1. The molecule has 0 bridgehead atoms. The first-order valence-electron chi connectivity index (χ1n) is 5.02. The molecule has 0 radical (unpaired) electrons. The third kappa shape index (κ3) is 3.50. The van der Waals surface area contributed by atoms with Crippen LogP contribution in [0.25, 0.3) is 0 Å². The van der Waals surface area contributed by atoms with Gasteiger partial charge in [-0.1, -0.05) is 12.1 Å². The summed E-state index contributed by atoms with van der Waals surface area (Å²) >= 11 is 0. The van der Waals surface area contributed by atoms with Crippen LogP contribution in [-0.2, 0) is 11.0 Å². The van der Waals surface area contributed by atoms with Crippen LogP contribution in [0.15, 0.2) is 24.3 Å². The Morgan fingerprint density at radius 2 is 2.06 bits per heavy atom. The van der Waals surface area contributed by atoms with E-state index in [2.05, 4.69) is 11.2 Å². The summed E-state index contributed by atoms with van der Waals surface area (Å²) < 4.78 is 37.9. The number of carbonyl (C=O) groups is 1. The zero-order valence-electron chi connectivity index (χ0n) is 9.29. The minimum atomic E-state index is -4.54. The van der Waals surface area contributed by atoms with Gasteiger partial charge in [-0.25, -0.2) is 0 Å². The molecule has 0 aromatic heterocycles. The van der Waals surface area contributed by atoms with Crippen LogP contribution < -0.4 is 11.1 Å². The van der Waals surface area contributed by atoms with Crippen molar-refractivity contribution in [3.05, 3.63) is 29.8 Å². The average Bonchev–Trinajstić information content (AvgIpc) is 2.28. The van der Waals surface area contributed by atoms with Gasteiger partial charge in [-0.2, -0.15) is 13.2 Å². The monoisotopic (exact) mass is 256 g/mol. The quantitative estimate of drug-likeness (QED) is 0.813. The number of hydrogen-bond acceptors (Lipinski definition) is 2. The fourth-order valence-electron chi connectivity index (χ4n) is 1.28. The Balaban J connectivity index is 2.92. The summed E-state index contributed by atoms with van der Waals surface area (Å²) in [6, 6.07) is 3.62. The Morgan fingerprint density at radius 1 is 1.44 bits per heavy atom. The van der Waals surface area contributed by atoms with Crippen LogP contribution in [0.1, 0.15) is 12.0 Å². The zero-order chi connectivity index (χ0) is 13.8. The molecule has 3 N–H and O–H groups in total. The highest BCUT2D eigenvalue weighted by Crippen LogP contribution is 2.34. The standard InChI is InChI=1S/C12H11F3N2O/c1-2-5-9(16)11(18)17-10-7-4-3-6-8(10)12(13,14)15/h1,3-4,6-7,9H,5,16H2,(H,17,18). The number of anilines is 1. The van der Waals surface area contributed by atoms with E-state index in [9.17, 15) is 18.0 Å². The Kier molecular flexibility index (Phi) is 4.34. The van der Waals surface area contributed by atoms with Crippen molar-refractivity contribution in [3.63, 3.8) is 0 Å². The van der Waals surface area contributed by atoms with Gasteiger partial charge in [-0.05, 0) is 12.1 Å². The molecule has 0 aliphatic carbocycles. The smallest absolute Gasteiger partial charge is 0.324 e.